The van der Waals surface area contributed by atoms with Gasteiger partial charge in [-0.2, -0.15) is 0 Å². The van der Waals surface area contributed by atoms with Gasteiger partial charge >= 0.3 is 0 Å². The van der Waals surface area contributed by atoms with Crippen molar-refractivity contribution in [3.05, 3.63) is 50.8 Å². The fraction of sp³-hybridized carbons (Fsp3) is 0.231. The van der Waals surface area contributed by atoms with Gasteiger partial charge in [-0.05, 0) is 31.2 Å². The van der Waals surface area contributed by atoms with Gasteiger partial charge in [0.15, 0.2) is 0 Å². The number of rotatable bonds is 4. The van der Waals surface area contributed by atoms with E-state index in [9.17, 15) is 0 Å². The summed E-state index contributed by atoms with van der Waals surface area (Å²) in [5.41, 5.74) is 6.58. The number of benzene rings is 1. The minimum Gasteiger partial charge on any atom is -0.484 e. The Morgan fingerprint density at radius 3 is 2.78 bits per heavy atom. The average molecular weight is 331 g/mol. The smallest absolute Gasteiger partial charge is 0.146 e. The van der Waals surface area contributed by atoms with Crippen LogP contribution >= 0.6 is 27.5 Å². The molecular weight excluding hydrogens is 318 g/mol. The van der Waals surface area contributed by atoms with Gasteiger partial charge < -0.3 is 14.9 Å². The van der Waals surface area contributed by atoms with Crippen molar-refractivity contribution >= 4 is 27.5 Å². The van der Waals surface area contributed by atoms with Gasteiger partial charge in [-0.1, -0.05) is 27.5 Å². The Balaban J connectivity index is 2.06. The van der Waals surface area contributed by atoms with Crippen LogP contribution in [0.15, 0.2) is 33.2 Å². The van der Waals surface area contributed by atoms with Crippen molar-refractivity contribution in [1.82, 2.24) is 0 Å². The summed E-state index contributed by atoms with van der Waals surface area (Å²) in [5, 5.41) is 0.562. The second-order valence-electron chi connectivity index (χ2n) is 3.86. The zero-order chi connectivity index (χ0) is 13.1. The first-order valence-corrected chi connectivity index (χ1v) is 6.63. The SMILES string of the molecule is Cc1oc(COc2ccc(Br)cc2Cl)cc1CN. The quantitative estimate of drug-likeness (QED) is 0.920. The number of halogens is 2. The molecule has 0 fully saturated rings. The minimum absolute atomic E-state index is 0.336. The fourth-order valence-corrected chi connectivity index (χ4v) is 2.33. The average Bonchev–Trinajstić information content (AvgIpc) is 2.69. The normalized spacial score (nSPS) is 10.7. The maximum Gasteiger partial charge on any atom is 0.146 e. The summed E-state index contributed by atoms with van der Waals surface area (Å²) in [6, 6.07) is 7.38. The number of ether oxygens (including phenoxy) is 1. The van der Waals surface area contributed by atoms with Gasteiger partial charge in [0.1, 0.15) is 23.9 Å². The van der Waals surface area contributed by atoms with Crippen molar-refractivity contribution in [3.8, 4) is 5.75 Å². The van der Waals surface area contributed by atoms with Crippen molar-refractivity contribution in [3.63, 3.8) is 0 Å². The third-order valence-corrected chi connectivity index (χ3v) is 3.34. The van der Waals surface area contributed by atoms with Gasteiger partial charge in [-0.25, -0.2) is 0 Å². The van der Waals surface area contributed by atoms with Gasteiger partial charge in [0.25, 0.3) is 0 Å². The Bertz CT molecular complexity index is 554. The molecule has 0 bridgehead atoms. The molecule has 0 spiro atoms. The molecule has 0 amide bonds. The highest BCUT2D eigenvalue weighted by molar-refractivity contribution is 9.10. The molecule has 18 heavy (non-hydrogen) atoms. The van der Waals surface area contributed by atoms with Gasteiger partial charge in [0.05, 0.1) is 5.02 Å². The van der Waals surface area contributed by atoms with E-state index >= 15 is 0 Å². The van der Waals surface area contributed by atoms with E-state index in [-0.39, 0.29) is 0 Å². The van der Waals surface area contributed by atoms with Crippen LogP contribution < -0.4 is 10.5 Å². The van der Waals surface area contributed by atoms with Crippen LogP contribution in [0.1, 0.15) is 17.1 Å². The maximum atomic E-state index is 6.05. The topological polar surface area (TPSA) is 48.4 Å². The number of hydrogen-bond donors (Lipinski definition) is 1. The Labute approximate surface area is 119 Å². The summed E-state index contributed by atoms with van der Waals surface area (Å²) in [4.78, 5) is 0. The number of hydrogen-bond acceptors (Lipinski definition) is 3. The first kappa shape index (κ1) is 13.5. The zero-order valence-electron chi connectivity index (χ0n) is 9.87. The Hall–Kier alpha value is -0.970. The van der Waals surface area contributed by atoms with E-state index in [1.807, 2.05) is 25.1 Å². The Kier molecular flexibility index (Phi) is 4.32. The molecule has 0 saturated carbocycles. The molecule has 5 heteroatoms. The Morgan fingerprint density at radius 1 is 1.39 bits per heavy atom. The summed E-state index contributed by atoms with van der Waals surface area (Å²) in [7, 11) is 0. The van der Waals surface area contributed by atoms with Crippen LogP contribution in [-0.2, 0) is 13.2 Å². The third-order valence-electron chi connectivity index (χ3n) is 2.56. The van der Waals surface area contributed by atoms with Crippen LogP contribution in [0.4, 0.5) is 0 Å². The number of furan rings is 1. The monoisotopic (exact) mass is 329 g/mol. The van der Waals surface area contributed by atoms with Crippen molar-refractivity contribution < 1.29 is 9.15 Å². The Morgan fingerprint density at radius 2 is 2.17 bits per heavy atom. The van der Waals surface area contributed by atoms with E-state index in [1.54, 1.807) is 6.07 Å². The molecule has 0 unspecified atom stereocenters. The van der Waals surface area contributed by atoms with Crippen LogP contribution in [0.3, 0.4) is 0 Å². The predicted octanol–water partition coefficient (Wildman–Crippen LogP) is 4.04. The van der Waals surface area contributed by atoms with Gasteiger partial charge in [-0.3, -0.25) is 0 Å². The molecule has 0 aliphatic carbocycles. The lowest BCUT2D eigenvalue weighted by molar-refractivity contribution is 0.267. The molecular formula is C13H13BrClNO2. The summed E-state index contributed by atoms with van der Waals surface area (Å²) in [5.74, 6) is 2.20. The van der Waals surface area contributed by atoms with Crippen LogP contribution in [0, 0.1) is 6.92 Å². The molecule has 96 valence electrons. The van der Waals surface area contributed by atoms with E-state index in [1.165, 1.54) is 0 Å². The fourth-order valence-electron chi connectivity index (χ4n) is 1.60. The van der Waals surface area contributed by atoms with E-state index in [0.717, 1.165) is 21.6 Å². The predicted molar refractivity (Wildman–Crippen MR) is 74.8 cm³/mol. The molecule has 0 aliphatic heterocycles. The van der Waals surface area contributed by atoms with Crippen molar-refractivity contribution in [2.24, 2.45) is 5.73 Å². The van der Waals surface area contributed by atoms with Crippen LogP contribution in [0.5, 0.6) is 5.75 Å². The van der Waals surface area contributed by atoms with Crippen LogP contribution in [-0.4, -0.2) is 0 Å². The van der Waals surface area contributed by atoms with Gasteiger partial charge in [0.2, 0.25) is 0 Å². The van der Waals surface area contributed by atoms with Gasteiger partial charge in [-0.15, -0.1) is 0 Å². The molecule has 1 aromatic carbocycles. The largest absolute Gasteiger partial charge is 0.484 e. The van der Waals surface area contributed by atoms with Crippen molar-refractivity contribution in [2.75, 3.05) is 0 Å². The molecule has 1 aromatic heterocycles. The zero-order valence-corrected chi connectivity index (χ0v) is 12.2. The summed E-state index contributed by atoms with van der Waals surface area (Å²) in [6.07, 6.45) is 0. The van der Waals surface area contributed by atoms with Crippen molar-refractivity contribution in [1.29, 1.82) is 0 Å². The molecule has 1 heterocycles. The lowest BCUT2D eigenvalue weighted by atomic mass is 10.2. The number of aryl methyl sites for hydroxylation is 1. The lowest BCUT2D eigenvalue weighted by Crippen LogP contribution is -1.96. The molecule has 2 aromatic rings. The van der Waals surface area contributed by atoms with Crippen molar-refractivity contribution in [2.45, 2.75) is 20.1 Å². The molecule has 2 rings (SSSR count). The molecule has 0 aliphatic rings. The van der Waals surface area contributed by atoms with E-state index in [4.69, 9.17) is 26.5 Å². The third kappa shape index (κ3) is 3.07. The highest BCUT2D eigenvalue weighted by Crippen LogP contribution is 2.28. The van der Waals surface area contributed by atoms with E-state index < -0.39 is 0 Å². The van der Waals surface area contributed by atoms with Crippen LogP contribution in [0.2, 0.25) is 5.02 Å². The summed E-state index contributed by atoms with van der Waals surface area (Å²) >= 11 is 9.40. The second-order valence-corrected chi connectivity index (χ2v) is 5.18. The summed E-state index contributed by atoms with van der Waals surface area (Å²) in [6.45, 7) is 2.69. The number of nitrogens with two attached hydrogens (primary N) is 1. The maximum absolute atomic E-state index is 6.05. The highest BCUT2D eigenvalue weighted by Gasteiger charge is 2.08. The minimum atomic E-state index is 0.336. The lowest BCUT2D eigenvalue weighted by Gasteiger charge is -2.06. The molecule has 0 saturated heterocycles. The first-order valence-electron chi connectivity index (χ1n) is 5.46. The highest BCUT2D eigenvalue weighted by atomic mass is 79.9. The second kappa shape index (κ2) is 5.78. The van der Waals surface area contributed by atoms with Crippen LogP contribution in [0.25, 0.3) is 0 Å². The van der Waals surface area contributed by atoms with E-state index in [2.05, 4.69) is 15.9 Å². The standard InChI is InChI=1S/C13H13BrClNO2/c1-8-9(6-16)4-11(18-8)7-17-13-3-2-10(14)5-12(13)15/h2-5H,6-7,16H2,1H3. The summed E-state index contributed by atoms with van der Waals surface area (Å²) < 4.78 is 12.1. The molecule has 2 N–H and O–H groups in total. The molecule has 0 radical (unpaired) electrons. The first-order chi connectivity index (χ1) is 8.60. The molecule has 3 nitrogen and oxygen atoms in total. The molecule has 0 atom stereocenters. The van der Waals surface area contributed by atoms with E-state index in [0.29, 0.717) is 23.9 Å². The van der Waals surface area contributed by atoms with Gasteiger partial charge in [0, 0.05) is 16.6 Å².